The van der Waals surface area contributed by atoms with Crippen molar-refractivity contribution in [2.75, 3.05) is 18.5 Å². The fourth-order valence-electron chi connectivity index (χ4n) is 5.10. The molecule has 4 heterocycles. The SMILES string of the molecule is OC[C@H]1OC(n2cnc3c(NCCc4cn(Cc5c(Cl)cccc5Cl)c5ccccc45)ncnc32)[C@H](O)[C@@H]1O. The maximum absolute atomic E-state index is 10.4. The maximum atomic E-state index is 10.4. The zero-order valence-electron chi connectivity index (χ0n) is 20.7. The number of para-hydroxylation sites is 1. The molecule has 6 rings (SSSR count). The highest BCUT2D eigenvalue weighted by Gasteiger charge is 2.44. The van der Waals surface area contributed by atoms with Crippen molar-refractivity contribution in [2.24, 2.45) is 0 Å². The molecule has 0 aliphatic carbocycles. The first-order valence-corrected chi connectivity index (χ1v) is 13.3. The number of nitrogens with zero attached hydrogens (tertiary/aromatic N) is 5. The van der Waals surface area contributed by atoms with Crippen molar-refractivity contribution < 1.29 is 20.1 Å². The highest BCUT2D eigenvalue weighted by atomic mass is 35.5. The van der Waals surface area contributed by atoms with E-state index in [2.05, 4.69) is 43.2 Å². The molecule has 202 valence electrons. The first kappa shape index (κ1) is 26.0. The highest BCUT2D eigenvalue weighted by molar-refractivity contribution is 6.36. The van der Waals surface area contributed by atoms with E-state index in [9.17, 15) is 15.3 Å². The second kappa shape index (κ2) is 10.7. The van der Waals surface area contributed by atoms with Crippen LogP contribution in [-0.4, -0.2) is 70.9 Å². The number of hydrogen-bond donors (Lipinski definition) is 4. The Morgan fingerprint density at radius 3 is 2.54 bits per heavy atom. The molecule has 1 saturated heterocycles. The van der Waals surface area contributed by atoms with Gasteiger partial charge in [0, 0.05) is 39.3 Å². The van der Waals surface area contributed by atoms with Gasteiger partial charge in [0.1, 0.15) is 24.6 Å². The lowest BCUT2D eigenvalue weighted by Gasteiger charge is -2.16. The molecular weight excluding hydrogens is 543 g/mol. The number of ether oxygens (including phenoxy) is 1. The number of halogens is 2. The van der Waals surface area contributed by atoms with Crippen LogP contribution in [0.25, 0.3) is 22.1 Å². The summed E-state index contributed by atoms with van der Waals surface area (Å²) in [5.74, 6) is 0.539. The van der Waals surface area contributed by atoms with Gasteiger partial charge in [-0.2, -0.15) is 0 Å². The average Bonchev–Trinajstić information content (AvgIpc) is 3.61. The van der Waals surface area contributed by atoms with Gasteiger partial charge < -0.3 is 29.9 Å². The Balaban J connectivity index is 1.22. The minimum Gasteiger partial charge on any atom is -0.394 e. The summed E-state index contributed by atoms with van der Waals surface area (Å²) in [5.41, 5.74) is 4.06. The third kappa shape index (κ3) is 4.73. The van der Waals surface area contributed by atoms with Crippen molar-refractivity contribution in [3.63, 3.8) is 0 Å². The molecule has 10 nitrogen and oxygen atoms in total. The molecule has 1 fully saturated rings. The van der Waals surface area contributed by atoms with Gasteiger partial charge in [0.2, 0.25) is 0 Å². The predicted octanol–water partition coefficient (Wildman–Crippen LogP) is 3.40. The summed E-state index contributed by atoms with van der Waals surface area (Å²) < 4.78 is 9.34. The number of aromatic nitrogens is 5. The third-order valence-electron chi connectivity index (χ3n) is 7.10. The number of hydrogen-bond acceptors (Lipinski definition) is 8. The Hall–Kier alpha value is -3.25. The summed E-state index contributed by atoms with van der Waals surface area (Å²) in [5, 5.41) is 35.7. The molecule has 1 aliphatic heterocycles. The summed E-state index contributed by atoms with van der Waals surface area (Å²) in [7, 11) is 0. The zero-order valence-corrected chi connectivity index (χ0v) is 22.2. The summed E-state index contributed by atoms with van der Waals surface area (Å²) in [6.07, 6.45) is 1.46. The summed E-state index contributed by atoms with van der Waals surface area (Å²) in [4.78, 5) is 13.1. The van der Waals surface area contributed by atoms with Gasteiger partial charge >= 0.3 is 0 Å². The maximum Gasteiger partial charge on any atom is 0.167 e. The highest BCUT2D eigenvalue weighted by Crippen LogP contribution is 2.32. The fraction of sp³-hybridized carbons (Fsp3) is 0.296. The summed E-state index contributed by atoms with van der Waals surface area (Å²) >= 11 is 12.9. The Morgan fingerprint density at radius 1 is 0.974 bits per heavy atom. The van der Waals surface area contributed by atoms with E-state index < -0.39 is 31.1 Å². The topological polar surface area (TPSA) is 130 Å². The molecule has 39 heavy (non-hydrogen) atoms. The van der Waals surface area contributed by atoms with Gasteiger partial charge in [-0.1, -0.05) is 47.5 Å². The van der Waals surface area contributed by atoms with Crippen LogP contribution >= 0.6 is 23.2 Å². The van der Waals surface area contributed by atoms with E-state index in [0.29, 0.717) is 46.5 Å². The Bertz CT molecular complexity index is 1620. The van der Waals surface area contributed by atoms with Crippen LogP contribution in [0.3, 0.4) is 0 Å². The number of imidazole rings is 1. The van der Waals surface area contributed by atoms with Crippen LogP contribution < -0.4 is 5.32 Å². The van der Waals surface area contributed by atoms with Crippen molar-refractivity contribution in [3.8, 4) is 0 Å². The molecule has 1 unspecified atom stereocenters. The molecule has 4 atom stereocenters. The molecule has 4 N–H and O–H groups in total. The first-order valence-electron chi connectivity index (χ1n) is 12.5. The van der Waals surface area contributed by atoms with E-state index in [-0.39, 0.29) is 0 Å². The predicted molar refractivity (Wildman–Crippen MR) is 148 cm³/mol. The molecule has 0 saturated carbocycles. The van der Waals surface area contributed by atoms with Crippen molar-refractivity contribution >= 4 is 51.1 Å². The number of aliphatic hydroxyl groups is 3. The number of nitrogens with one attached hydrogen (secondary N) is 1. The first-order chi connectivity index (χ1) is 19.0. The van der Waals surface area contributed by atoms with Crippen LogP contribution in [-0.2, 0) is 17.7 Å². The molecular formula is C27H26Cl2N6O4. The monoisotopic (exact) mass is 568 g/mol. The Morgan fingerprint density at radius 2 is 1.77 bits per heavy atom. The number of aliphatic hydroxyl groups excluding tert-OH is 3. The van der Waals surface area contributed by atoms with Gasteiger partial charge in [-0.25, -0.2) is 15.0 Å². The second-order valence-electron chi connectivity index (χ2n) is 9.45. The van der Waals surface area contributed by atoms with E-state index in [1.54, 1.807) is 4.57 Å². The summed E-state index contributed by atoms with van der Waals surface area (Å²) in [6, 6.07) is 13.7. The lowest BCUT2D eigenvalue weighted by Crippen LogP contribution is -2.33. The van der Waals surface area contributed by atoms with Gasteiger partial charge in [0.25, 0.3) is 0 Å². The number of anilines is 1. The van der Waals surface area contributed by atoms with Gasteiger partial charge in [0.05, 0.1) is 19.5 Å². The number of fused-ring (bicyclic) bond motifs is 2. The lowest BCUT2D eigenvalue weighted by molar-refractivity contribution is -0.0511. The number of rotatable bonds is 8. The van der Waals surface area contributed by atoms with Crippen LogP contribution in [0.2, 0.25) is 10.0 Å². The van der Waals surface area contributed by atoms with Gasteiger partial charge in [-0.05, 0) is 30.2 Å². The smallest absolute Gasteiger partial charge is 0.167 e. The van der Waals surface area contributed by atoms with Crippen molar-refractivity contribution in [1.29, 1.82) is 0 Å². The van der Waals surface area contributed by atoms with Crippen LogP contribution in [0.5, 0.6) is 0 Å². The zero-order chi connectivity index (χ0) is 27.1. The average molecular weight is 569 g/mol. The standard InChI is InChI=1S/C27H26Cl2N6O4/c28-18-5-3-6-19(29)17(18)11-34-10-15(16-4-1-2-7-20(16)34)8-9-30-25-22-26(32-13-31-25)35(14-33-22)27-24(38)23(37)21(12-36)39-27/h1-7,10,13-14,21,23-24,27,36-38H,8-9,11-12H2,(H,30,31,32)/t21-,23-,24-,27?/m1/s1. The van der Waals surface area contributed by atoms with Crippen LogP contribution in [0, 0.1) is 0 Å². The number of benzene rings is 2. The lowest BCUT2D eigenvalue weighted by atomic mass is 10.1. The van der Waals surface area contributed by atoms with Gasteiger partial charge in [0.15, 0.2) is 23.2 Å². The molecule has 0 amide bonds. The minimum atomic E-state index is -1.23. The van der Waals surface area contributed by atoms with Crippen LogP contribution in [0.15, 0.2) is 61.3 Å². The van der Waals surface area contributed by atoms with Gasteiger partial charge in [-0.3, -0.25) is 4.57 Å². The van der Waals surface area contributed by atoms with Crippen molar-refractivity contribution in [3.05, 3.63) is 82.5 Å². The van der Waals surface area contributed by atoms with Crippen LogP contribution in [0.1, 0.15) is 17.4 Å². The minimum absolute atomic E-state index is 0.412. The molecule has 3 aromatic heterocycles. The largest absolute Gasteiger partial charge is 0.394 e. The van der Waals surface area contributed by atoms with E-state index in [1.165, 1.54) is 12.7 Å². The van der Waals surface area contributed by atoms with E-state index >= 15 is 0 Å². The van der Waals surface area contributed by atoms with E-state index in [0.717, 1.165) is 22.0 Å². The normalized spacial score (nSPS) is 21.3. The molecule has 1 aliphatic rings. The molecule has 12 heteroatoms. The third-order valence-corrected chi connectivity index (χ3v) is 7.81. The van der Waals surface area contributed by atoms with E-state index in [4.69, 9.17) is 27.9 Å². The van der Waals surface area contributed by atoms with E-state index in [1.807, 2.05) is 30.3 Å². The van der Waals surface area contributed by atoms with Crippen molar-refractivity contribution in [1.82, 2.24) is 24.1 Å². The molecule has 5 aromatic rings. The second-order valence-corrected chi connectivity index (χ2v) is 10.3. The van der Waals surface area contributed by atoms with Crippen LogP contribution in [0.4, 0.5) is 5.82 Å². The Labute approximate surface area is 233 Å². The molecule has 2 aromatic carbocycles. The van der Waals surface area contributed by atoms with Gasteiger partial charge in [-0.15, -0.1) is 0 Å². The Kier molecular flexibility index (Phi) is 7.15. The van der Waals surface area contributed by atoms with Crippen molar-refractivity contribution in [2.45, 2.75) is 37.5 Å². The quantitative estimate of drug-likeness (QED) is 0.224. The summed E-state index contributed by atoms with van der Waals surface area (Å²) in [6.45, 7) is 0.718. The molecule has 0 spiro atoms. The molecule has 0 bridgehead atoms. The fourth-order valence-corrected chi connectivity index (χ4v) is 5.62. The molecule has 0 radical (unpaired) electrons.